The van der Waals surface area contributed by atoms with E-state index in [2.05, 4.69) is 35.1 Å². The van der Waals surface area contributed by atoms with Crippen molar-refractivity contribution in [2.75, 3.05) is 25.6 Å². The molecule has 140 valence electrons. The number of rotatable bonds is 8. The summed E-state index contributed by atoms with van der Waals surface area (Å²) in [5.41, 5.74) is 14.5. The summed E-state index contributed by atoms with van der Waals surface area (Å²) in [6.07, 6.45) is 2.77. The Kier molecular flexibility index (Phi) is 12.5. The zero-order chi connectivity index (χ0) is 19.1. The van der Waals surface area contributed by atoms with Crippen LogP contribution in [0.5, 0.6) is 0 Å². The van der Waals surface area contributed by atoms with Crippen molar-refractivity contribution in [3.63, 3.8) is 0 Å². The summed E-state index contributed by atoms with van der Waals surface area (Å²) < 4.78 is 5.93. The van der Waals surface area contributed by atoms with Crippen LogP contribution in [0.2, 0.25) is 0 Å². The average molecular weight is 349 g/mol. The number of hydrazone groups is 1. The molecule has 1 aromatic rings. The number of nitrogens with two attached hydrogens (primary N) is 2. The van der Waals surface area contributed by atoms with Crippen LogP contribution in [0.25, 0.3) is 0 Å². The van der Waals surface area contributed by atoms with Crippen molar-refractivity contribution in [1.82, 2.24) is 4.90 Å². The number of hydrogen-bond donors (Lipinski definition) is 3. The molecular weight excluding hydrogens is 318 g/mol. The van der Waals surface area contributed by atoms with Gasteiger partial charge >= 0.3 is 0 Å². The molecule has 1 aromatic carbocycles. The molecule has 0 saturated heterocycles. The minimum Gasteiger partial charge on any atom is -0.473 e. The van der Waals surface area contributed by atoms with Gasteiger partial charge in [0.2, 0.25) is 12.3 Å². The predicted octanol–water partition coefficient (Wildman–Crippen LogP) is 2.12. The molecule has 1 amide bonds. The number of anilines is 1. The number of carbonyl (C=O) groups excluding carboxylic acids is 1. The third-order valence-electron chi connectivity index (χ3n) is 3.42. The lowest BCUT2D eigenvalue weighted by Crippen LogP contribution is -2.25. The molecule has 1 rings (SSSR count). The second-order valence-electron chi connectivity index (χ2n) is 5.49. The normalized spacial score (nSPS) is 12.8. The van der Waals surface area contributed by atoms with Gasteiger partial charge in [0.15, 0.2) is 0 Å². The highest BCUT2D eigenvalue weighted by Crippen LogP contribution is 2.09. The lowest BCUT2D eigenvalue weighted by molar-refractivity contribution is -0.106. The van der Waals surface area contributed by atoms with Crippen LogP contribution in [0, 0.1) is 0 Å². The minimum absolute atomic E-state index is 0.0697. The van der Waals surface area contributed by atoms with Gasteiger partial charge in [-0.25, -0.2) is 0 Å². The van der Waals surface area contributed by atoms with Gasteiger partial charge in [0.25, 0.3) is 0 Å². The Balaban J connectivity index is 0.00000178. The highest BCUT2D eigenvalue weighted by molar-refractivity contribution is 5.93. The Morgan fingerprint density at radius 1 is 1.36 bits per heavy atom. The molecule has 0 heterocycles. The summed E-state index contributed by atoms with van der Waals surface area (Å²) >= 11 is 0. The van der Waals surface area contributed by atoms with Crippen molar-refractivity contribution in [2.24, 2.45) is 16.6 Å². The van der Waals surface area contributed by atoms with Crippen LogP contribution >= 0.6 is 0 Å². The van der Waals surface area contributed by atoms with Gasteiger partial charge in [-0.1, -0.05) is 25.1 Å². The number of ether oxygens (including phenoxy) is 1. The largest absolute Gasteiger partial charge is 0.473 e. The van der Waals surface area contributed by atoms with Gasteiger partial charge in [0, 0.05) is 18.3 Å². The second-order valence-corrected chi connectivity index (χ2v) is 5.49. The van der Waals surface area contributed by atoms with E-state index >= 15 is 0 Å². The number of benzene rings is 1. The van der Waals surface area contributed by atoms with Gasteiger partial charge in [-0.3, -0.25) is 10.2 Å². The standard InChI is InChI=1S/C17H28N4O.CH3NO/c1-5-21(4)12-11-15(3)22-17(14(2)13-18)20-19-16-9-7-6-8-10-16;2-1-3/h6-10,13,15,19H,5,11-12,18H2,1-4H3;1H,(H2,2,3)/b14-13+,20-17+;. The number of amides is 1. The Morgan fingerprint density at radius 3 is 2.48 bits per heavy atom. The number of carbonyl (C=O) groups is 1. The minimum atomic E-state index is 0.0697. The molecule has 7 heteroatoms. The maximum absolute atomic E-state index is 8.58. The van der Waals surface area contributed by atoms with E-state index in [-0.39, 0.29) is 12.5 Å². The van der Waals surface area contributed by atoms with Crippen LogP contribution in [-0.2, 0) is 9.53 Å². The molecule has 7 nitrogen and oxygen atoms in total. The van der Waals surface area contributed by atoms with E-state index < -0.39 is 0 Å². The molecule has 0 aromatic heterocycles. The maximum atomic E-state index is 8.58. The topological polar surface area (TPSA) is 106 Å². The predicted molar refractivity (Wildman–Crippen MR) is 104 cm³/mol. The molecule has 0 fully saturated rings. The molecule has 1 unspecified atom stereocenters. The smallest absolute Gasteiger partial charge is 0.235 e. The van der Waals surface area contributed by atoms with Crippen LogP contribution in [0.4, 0.5) is 5.69 Å². The van der Waals surface area contributed by atoms with Gasteiger partial charge in [-0.2, -0.15) is 0 Å². The van der Waals surface area contributed by atoms with Crippen LogP contribution in [0.1, 0.15) is 27.2 Å². The lowest BCUT2D eigenvalue weighted by Gasteiger charge is -2.20. The Bertz CT molecular complexity index is 532. The molecule has 0 aliphatic rings. The quantitative estimate of drug-likeness (QED) is 0.288. The monoisotopic (exact) mass is 349 g/mol. The zero-order valence-corrected chi connectivity index (χ0v) is 15.6. The van der Waals surface area contributed by atoms with Crippen LogP contribution in [-0.4, -0.2) is 43.4 Å². The fourth-order valence-electron chi connectivity index (χ4n) is 1.72. The van der Waals surface area contributed by atoms with Crippen molar-refractivity contribution in [3.8, 4) is 0 Å². The fraction of sp³-hybridized carbons (Fsp3) is 0.444. The molecule has 0 bridgehead atoms. The molecule has 0 aliphatic carbocycles. The third kappa shape index (κ3) is 10.8. The summed E-state index contributed by atoms with van der Waals surface area (Å²) in [5, 5.41) is 4.33. The summed E-state index contributed by atoms with van der Waals surface area (Å²) in [6, 6.07) is 9.76. The van der Waals surface area contributed by atoms with E-state index in [1.54, 1.807) is 0 Å². The SMILES string of the molecule is CCN(C)CCC(C)OC(=N/Nc1ccccc1)/C(C)=C/N.NC=O. The zero-order valence-electron chi connectivity index (χ0n) is 15.6. The van der Waals surface area contributed by atoms with Crippen LogP contribution < -0.4 is 16.9 Å². The highest BCUT2D eigenvalue weighted by Gasteiger charge is 2.11. The first-order valence-electron chi connectivity index (χ1n) is 8.26. The van der Waals surface area contributed by atoms with E-state index in [9.17, 15) is 0 Å². The number of nitrogens with one attached hydrogen (secondary N) is 1. The Labute approximate surface area is 150 Å². The summed E-state index contributed by atoms with van der Waals surface area (Å²) in [4.78, 5) is 10.8. The molecule has 0 spiro atoms. The van der Waals surface area contributed by atoms with Crippen molar-refractivity contribution >= 4 is 18.0 Å². The number of para-hydroxylation sites is 1. The fourth-order valence-corrected chi connectivity index (χ4v) is 1.72. The van der Waals surface area contributed by atoms with Crippen LogP contribution in [0.15, 0.2) is 47.2 Å². The van der Waals surface area contributed by atoms with Gasteiger partial charge in [-0.15, -0.1) is 5.10 Å². The van der Waals surface area contributed by atoms with Crippen LogP contribution in [0.3, 0.4) is 0 Å². The van der Waals surface area contributed by atoms with Gasteiger partial charge in [0.1, 0.15) is 0 Å². The average Bonchev–Trinajstić information content (AvgIpc) is 2.63. The van der Waals surface area contributed by atoms with Crippen molar-refractivity contribution < 1.29 is 9.53 Å². The maximum Gasteiger partial charge on any atom is 0.235 e. The lowest BCUT2D eigenvalue weighted by atomic mass is 10.2. The summed E-state index contributed by atoms with van der Waals surface area (Å²) in [5.74, 6) is 0.526. The van der Waals surface area contributed by atoms with Gasteiger partial charge in [-0.05, 0) is 46.0 Å². The molecule has 0 radical (unpaired) electrons. The van der Waals surface area contributed by atoms with E-state index in [4.69, 9.17) is 15.3 Å². The first-order chi connectivity index (χ1) is 12.0. The van der Waals surface area contributed by atoms with E-state index in [0.29, 0.717) is 5.90 Å². The van der Waals surface area contributed by atoms with E-state index in [0.717, 1.165) is 30.8 Å². The molecule has 0 saturated carbocycles. The van der Waals surface area contributed by atoms with E-state index in [1.165, 1.54) is 6.20 Å². The first kappa shape index (κ1) is 22.5. The highest BCUT2D eigenvalue weighted by atomic mass is 16.5. The Hall–Kier alpha value is -2.54. The number of nitrogens with zero attached hydrogens (tertiary/aromatic N) is 2. The van der Waals surface area contributed by atoms with Crippen molar-refractivity contribution in [3.05, 3.63) is 42.1 Å². The molecule has 1 atom stereocenters. The second kappa shape index (κ2) is 13.9. The van der Waals surface area contributed by atoms with Crippen molar-refractivity contribution in [2.45, 2.75) is 33.3 Å². The van der Waals surface area contributed by atoms with Crippen molar-refractivity contribution in [1.29, 1.82) is 0 Å². The first-order valence-corrected chi connectivity index (χ1v) is 8.26. The summed E-state index contributed by atoms with van der Waals surface area (Å²) in [6.45, 7) is 8.10. The van der Waals surface area contributed by atoms with Gasteiger partial charge < -0.3 is 21.1 Å². The number of hydrogen-bond acceptors (Lipinski definition) is 6. The molecular formula is C18H31N5O2. The Morgan fingerprint density at radius 2 is 1.96 bits per heavy atom. The molecule has 25 heavy (non-hydrogen) atoms. The number of primary amides is 1. The van der Waals surface area contributed by atoms with Gasteiger partial charge in [0.05, 0.1) is 11.8 Å². The summed E-state index contributed by atoms with van der Waals surface area (Å²) in [7, 11) is 2.10. The molecule has 0 aliphatic heterocycles. The van der Waals surface area contributed by atoms with E-state index in [1.807, 2.05) is 44.2 Å². The molecule has 5 N–H and O–H groups in total. The third-order valence-corrected chi connectivity index (χ3v) is 3.42.